The Morgan fingerprint density at radius 3 is 2.45 bits per heavy atom. The van der Waals surface area contributed by atoms with Crippen LogP contribution in [-0.4, -0.2) is 34.6 Å². The molecule has 8 heteroatoms. The van der Waals surface area contributed by atoms with Gasteiger partial charge in [0, 0.05) is 30.5 Å². The van der Waals surface area contributed by atoms with Crippen LogP contribution in [0.25, 0.3) is 16.9 Å². The molecule has 1 heterocycles. The van der Waals surface area contributed by atoms with Gasteiger partial charge in [0.2, 0.25) is 0 Å². The topological polar surface area (TPSA) is 103 Å². The molecule has 3 aromatic rings. The van der Waals surface area contributed by atoms with Gasteiger partial charge in [0.25, 0.3) is 11.2 Å². The van der Waals surface area contributed by atoms with Crippen LogP contribution in [0.5, 0.6) is 5.75 Å². The van der Waals surface area contributed by atoms with Gasteiger partial charge in [0.05, 0.1) is 29.0 Å². The average molecular weight is 394 g/mol. The number of aromatic amines is 1. The van der Waals surface area contributed by atoms with E-state index < -0.39 is 4.92 Å². The zero-order chi connectivity index (χ0) is 20.8. The highest BCUT2D eigenvalue weighted by Crippen LogP contribution is 2.23. The molecule has 8 nitrogen and oxygen atoms in total. The normalized spacial score (nSPS) is 11.1. The number of rotatable bonds is 8. The van der Waals surface area contributed by atoms with E-state index in [0.717, 1.165) is 18.4 Å². The Morgan fingerprint density at radius 2 is 1.86 bits per heavy atom. The molecule has 29 heavy (non-hydrogen) atoms. The van der Waals surface area contributed by atoms with Crippen molar-refractivity contribution in [2.75, 3.05) is 13.7 Å². The quantitative estimate of drug-likeness (QED) is 0.270. The Labute approximate surface area is 167 Å². The zero-order valence-corrected chi connectivity index (χ0v) is 16.3. The predicted molar refractivity (Wildman–Crippen MR) is 112 cm³/mol. The summed E-state index contributed by atoms with van der Waals surface area (Å²) in [6.07, 6.45) is 3.55. The van der Waals surface area contributed by atoms with Gasteiger partial charge in [-0.3, -0.25) is 25.0 Å². The first-order valence-electron chi connectivity index (χ1n) is 9.29. The Kier molecular flexibility index (Phi) is 6.23. The third-order valence-electron chi connectivity index (χ3n) is 4.49. The third kappa shape index (κ3) is 4.43. The fourth-order valence-electron chi connectivity index (χ4n) is 2.86. The number of unbranched alkanes of at least 4 members (excludes halogenated alkanes) is 1. The molecular formula is C21H22N4O4. The van der Waals surface area contributed by atoms with Gasteiger partial charge < -0.3 is 4.74 Å². The fraction of sp³-hybridized carbons (Fsp3) is 0.238. The molecule has 0 saturated heterocycles. The molecule has 0 aliphatic rings. The molecule has 3 rings (SSSR count). The van der Waals surface area contributed by atoms with E-state index in [4.69, 9.17) is 4.74 Å². The van der Waals surface area contributed by atoms with Crippen molar-refractivity contribution in [2.24, 2.45) is 4.99 Å². The zero-order valence-electron chi connectivity index (χ0n) is 16.3. The van der Waals surface area contributed by atoms with Gasteiger partial charge in [0.15, 0.2) is 0 Å². The number of aromatic nitrogens is 2. The minimum Gasteiger partial charge on any atom is -0.497 e. The second-order valence-electron chi connectivity index (χ2n) is 6.43. The maximum Gasteiger partial charge on any atom is 0.280 e. The van der Waals surface area contributed by atoms with Crippen molar-refractivity contribution in [1.82, 2.24) is 9.78 Å². The van der Waals surface area contributed by atoms with Gasteiger partial charge in [-0.15, -0.1) is 0 Å². The van der Waals surface area contributed by atoms with Crippen molar-refractivity contribution in [3.8, 4) is 22.7 Å². The molecule has 0 aliphatic heterocycles. The molecule has 0 saturated carbocycles. The lowest BCUT2D eigenvalue weighted by Crippen LogP contribution is -2.17. The number of nitrogens with zero attached hydrogens (tertiary/aromatic N) is 3. The number of non-ortho nitro benzene ring substituents is 1. The molecule has 150 valence electrons. The summed E-state index contributed by atoms with van der Waals surface area (Å²) in [4.78, 5) is 27.8. The van der Waals surface area contributed by atoms with E-state index in [9.17, 15) is 14.9 Å². The number of nitro benzene ring substituents is 1. The van der Waals surface area contributed by atoms with Crippen LogP contribution in [0.1, 0.15) is 25.3 Å². The minimum atomic E-state index is -0.476. The van der Waals surface area contributed by atoms with Gasteiger partial charge in [-0.1, -0.05) is 13.3 Å². The number of hydrogen-bond acceptors (Lipinski definition) is 5. The summed E-state index contributed by atoms with van der Waals surface area (Å²) in [7, 11) is 1.59. The van der Waals surface area contributed by atoms with Gasteiger partial charge in [-0.05, 0) is 42.8 Å². The van der Waals surface area contributed by atoms with Crippen molar-refractivity contribution in [1.29, 1.82) is 0 Å². The molecular weight excluding hydrogens is 372 g/mol. The van der Waals surface area contributed by atoms with Gasteiger partial charge in [0.1, 0.15) is 5.75 Å². The SMILES string of the molecule is CCCCN=Cc1c(-c2ccc(OC)cc2)[nH]n(-c2ccc([N+](=O)[O-])cc2)c1=O. The summed E-state index contributed by atoms with van der Waals surface area (Å²) in [6.45, 7) is 2.72. The lowest BCUT2D eigenvalue weighted by Gasteiger charge is -2.04. The first-order chi connectivity index (χ1) is 14.0. The predicted octanol–water partition coefficient (Wildman–Crippen LogP) is 3.97. The van der Waals surface area contributed by atoms with Gasteiger partial charge in [-0.25, -0.2) is 4.68 Å². The first kappa shape index (κ1) is 20.1. The lowest BCUT2D eigenvalue weighted by atomic mass is 10.1. The Balaban J connectivity index is 2.07. The Morgan fingerprint density at radius 1 is 1.17 bits per heavy atom. The van der Waals surface area contributed by atoms with Crippen molar-refractivity contribution < 1.29 is 9.66 Å². The number of H-pyrrole nitrogens is 1. The van der Waals surface area contributed by atoms with E-state index in [-0.39, 0.29) is 11.2 Å². The maximum absolute atomic E-state index is 13.1. The molecule has 0 aliphatic carbocycles. The van der Waals surface area contributed by atoms with Crippen LogP contribution >= 0.6 is 0 Å². The summed E-state index contributed by atoms with van der Waals surface area (Å²) < 4.78 is 6.56. The number of aliphatic imine (C=N–C) groups is 1. The first-order valence-corrected chi connectivity index (χ1v) is 9.29. The number of ether oxygens (including phenoxy) is 1. The van der Waals surface area contributed by atoms with E-state index in [1.54, 1.807) is 13.3 Å². The molecule has 1 aromatic heterocycles. The smallest absolute Gasteiger partial charge is 0.280 e. The maximum atomic E-state index is 13.1. The summed E-state index contributed by atoms with van der Waals surface area (Å²) in [5, 5.41) is 14.0. The highest BCUT2D eigenvalue weighted by molar-refractivity contribution is 5.88. The molecule has 2 aromatic carbocycles. The number of benzene rings is 2. The van der Waals surface area contributed by atoms with Crippen LogP contribution in [0.15, 0.2) is 58.3 Å². The second-order valence-corrected chi connectivity index (χ2v) is 6.43. The molecule has 0 fully saturated rings. The van der Waals surface area contributed by atoms with Gasteiger partial charge in [-0.2, -0.15) is 0 Å². The van der Waals surface area contributed by atoms with Gasteiger partial charge >= 0.3 is 0 Å². The molecule has 0 spiro atoms. The summed E-state index contributed by atoms with van der Waals surface area (Å²) in [5.74, 6) is 0.712. The molecule has 0 atom stereocenters. The second kappa shape index (κ2) is 9.01. The van der Waals surface area contributed by atoms with Crippen LogP contribution in [-0.2, 0) is 0 Å². The standard InChI is InChI=1S/C21H22N4O4/c1-3-4-13-22-14-19-20(15-5-11-18(29-2)12-6-15)23-24(21(19)26)16-7-9-17(10-8-16)25(27)28/h5-12,14,23H,3-4,13H2,1-2H3. The van der Waals surface area contributed by atoms with Crippen LogP contribution in [0.3, 0.4) is 0 Å². The summed E-state index contributed by atoms with van der Waals surface area (Å²) in [5.41, 5.74) is 2.06. The fourth-order valence-corrected chi connectivity index (χ4v) is 2.86. The molecule has 1 N–H and O–H groups in total. The lowest BCUT2D eigenvalue weighted by molar-refractivity contribution is -0.384. The average Bonchev–Trinajstić information content (AvgIpc) is 3.07. The Hall–Kier alpha value is -3.68. The monoisotopic (exact) mass is 394 g/mol. The van der Waals surface area contributed by atoms with Crippen LogP contribution in [0, 0.1) is 10.1 Å². The highest BCUT2D eigenvalue weighted by atomic mass is 16.6. The Bertz CT molecular complexity index is 1060. The van der Waals surface area contributed by atoms with E-state index in [1.165, 1.54) is 28.9 Å². The minimum absolute atomic E-state index is 0.0370. The van der Waals surface area contributed by atoms with Crippen molar-refractivity contribution >= 4 is 11.9 Å². The summed E-state index contributed by atoms with van der Waals surface area (Å²) in [6, 6.07) is 13.1. The number of nitrogens with one attached hydrogen (secondary N) is 1. The highest BCUT2D eigenvalue weighted by Gasteiger charge is 2.16. The third-order valence-corrected chi connectivity index (χ3v) is 4.49. The van der Waals surface area contributed by atoms with Crippen molar-refractivity contribution in [2.45, 2.75) is 19.8 Å². The number of methoxy groups -OCH3 is 1. The molecule has 0 unspecified atom stereocenters. The largest absolute Gasteiger partial charge is 0.497 e. The van der Waals surface area contributed by atoms with E-state index >= 15 is 0 Å². The van der Waals surface area contributed by atoms with E-state index in [2.05, 4.69) is 17.0 Å². The van der Waals surface area contributed by atoms with E-state index in [0.29, 0.717) is 29.2 Å². The summed E-state index contributed by atoms with van der Waals surface area (Å²) >= 11 is 0. The van der Waals surface area contributed by atoms with Crippen molar-refractivity contribution in [3.63, 3.8) is 0 Å². The van der Waals surface area contributed by atoms with Crippen LogP contribution < -0.4 is 10.3 Å². The molecule has 0 radical (unpaired) electrons. The van der Waals surface area contributed by atoms with Crippen molar-refractivity contribution in [3.05, 3.63) is 74.6 Å². The number of nitro groups is 1. The van der Waals surface area contributed by atoms with E-state index in [1.807, 2.05) is 24.3 Å². The number of hydrogen-bond donors (Lipinski definition) is 1. The van der Waals surface area contributed by atoms with Crippen LogP contribution in [0.2, 0.25) is 0 Å². The molecule has 0 bridgehead atoms. The van der Waals surface area contributed by atoms with Crippen LogP contribution in [0.4, 0.5) is 5.69 Å². The molecule has 0 amide bonds.